The van der Waals surface area contributed by atoms with Crippen molar-refractivity contribution in [3.63, 3.8) is 0 Å². The Bertz CT molecular complexity index is 431. The molecule has 3 heteroatoms. The van der Waals surface area contributed by atoms with E-state index in [2.05, 4.69) is 51.8 Å². The van der Waals surface area contributed by atoms with Crippen LogP contribution in [0.3, 0.4) is 0 Å². The second kappa shape index (κ2) is 5.41. The van der Waals surface area contributed by atoms with Gasteiger partial charge in [0.25, 0.3) is 0 Å². The van der Waals surface area contributed by atoms with Gasteiger partial charge in [-0.05, 0) is 57.6 Å². The fourth-order valence-corrected chi connectivity index (χ4v) is 7.72. The van der Waals surface area contributed by atoms with Gasteiger partial charge in [0, 0.05) is 11.5 Å². The number of fused-ring (bicyclic) bond motifs is 1. The molecule has 0 aromatic heterocycles. The number of halogens is 1. The summed E-state index contributed by atoms with van der Waals surface area (Å²) in [5, 5.41) is 0. The molecule has 1 nitrogen and oxygen atoms in total. The first-order chi connectivity index (χ1) is 9.07. The van der Waals surface area contributed by atoms with Crippen molar-refractivity contribution in [1.29, 1.82) is 0 Å². The van der Waals surface area contributed by atoms with E-state index in [1.165, 1.54) is 5.57 Å². The molecule has 0 spiro atoms. The van der Waals surface area contributed by atoms with Crippen molar-refractivity contribution in [3.05, 3.63) is 23.6 Å². The number of rotatable bonds is 3. The minimum absolute atomic E-state index is 0.117. The Morgan fingerprint density at radius 1 is 1.20 bits per heavy atom. The third kappa shape index (κ3) is 3.82. The minimum atomic E-state index is -1.50. The molecular weight excluding hydrogens is 265 g/mol. The van der Waals surface area contributed by atoms with Crippen molar-refractivity contribution in [1.82, 2.24) is 4.98 Å². The normalized spacial score (nSPS) is 30.9. The molecule has 0 aromatic carbocycles. The van der Waals surface area contributed by atoms with E-state index < -0.39 is 8.24 Å². The fourth-order valence-electron chi connectivity index (χ4n) is 4.20. The molecule has 2 rings (SSSR count). The average Bonchev–Trinajstić information content (AvgIpc) is 2.61. The van der Waals surface area contributed by atoms with Gasteiger partial charge in [0.15, 0.2) is 0 Å². The first kappa shape index (κ1) is 16.0. The van der Waals surface area contributed by atoms with Gasteiger partial charge in [-0.25, -0.2) is 4.39 Å². The van der Waals surface area contributed by atoms with E-state index in [0.717, 1.165) is 18.9 Å². The van der Waals surface area contributed by atoms with Crippen LogP contribution in [0.1, 0.15) is 40.5 Å². The lowest BCUT2D eigenvalue weighted by atomic mass is 9.85. The zero-order chi connectivity index (χ0) is 15.1. The highest BCUT2D eigenvalue weighted by atomic mass is 28.3. The van der Waals surface area contributed by atoms with Crippen LogP contribution in [0.25, 0.3) is 0 Å². The Morgan fingerprint density at radius 3 is 2.40 bits per heavy atom. The summed E-state index contributed by atoms with van der Waals surface area (Å²) in [6, 6.07) is 1.14. The average molecular weight is 296 g/mol. The molecule has 0 radical (unpaired) electrons. The molecule has 2 unspecified atom stereocenters. The number of hydrogen-bond donors (Lipinski definition) is 1. The van der Waals surface area contributed by atoms with E-state index in [4.69, 9.17) is 0 Å². The summed E-state index contributed by atoms with van der Waals surface area (Å²) in [4.78, 5) is 3.83. The smallest absolute Gasteiger partial charge is 0.123 e. The molecule has 0 aromatic rings. The first-order valence-electron chi connectivity index (χ1n) is 7.93. The maximum atomic E-state index is 14.0. The molecule has 0 amide bonds. The second-order valence-corrected chi connectivity index (χ2v) is 12.9. The molecule has 0 heterocycles. The molecule has 0 bridgehead atoms. The Balaban J connectivity index is 2.13. The predicted molar refractivity (Wildman–Crippen MR) is 87.8 cm³/mol. The Kier molecular flexibility index (Phi) is 4.32. The maximum Gasteiger partial charge on any atom is 0.123 e. The van der Waals surface area contributed by atoms with Crippen molar-refractivity contribution < 1.29 is 4.39 Å². The van der Waals surface area contributed by atoms with Crippen LogP contribution in [0.15, 0.2) is 23.6 Å². The van der Waals surface area contributed by atoms with Crippen molar-refractivity contribution in [2.45, 2.75) is 65.2 Å². The summed E-state index contributed by atoms with van der Waals surface area (Å²) in [5.41, 5.74) is 1.66. The maximum absolute atomic E-state index is 14.0. The second-order valence-electron chi connectivity index (χ2n) is 8.52. The van der Waals surface area contributed by atoms with Gasteiger partial charge in [-0.3, -0.25) is 0 Å². The van der Waals surface area contributed by atoms with Crippen molar-refractivity contribution >= 4 is 8.24 Å². The summed E-state index contributed by atoms with van der Waals surface area (Å²) in [5.74, 6) is 1.41. The van der Waals surface area contributed by atoms with Gasteiger partial charge in [0.2, 0.25) is 0 Å². The van der Waals surface area contributed by atoms with Crippen molar-refractivity contribution in [3.8, 4) is 0 Å². The summed E-state index contributed by atoms with van der Waals surface area (Å²) in [7, 11) is -1.50. The minimum Gasteiger partial charge on any atom is -0.332 e. The van der Waals surface area contributed by atoms with Gasteiger partial charge in [0.1, 0.15) is 14.1 Å². The van der Waals surface area contributed by atoms with Crippen LogP contribution in [0, 0.1) is 17.8 Å². The van der Waals surface area contributed by atoms with Crippen LogP contribution in [0.4, 0.5) is 4.39 Å². The lowest BCUT2D eigenvalue weighted by Crippen LogP contribution is -2.54. The molecule has 1 N–H and O–H groups in total. The van der Waals surface area contributed by atoms with E-state index in [9.17, 15) is 4.39 Å². The van der Waals surface area contributed by atoms with E-state index in [-0.39, 0.29) is 17.3 Å². The highest BCUT2D eigenvalue weighted by molar-refractivity contribution is 6.75. The molecule has 1 saturated carbocycles. The van der Waals surface area contributed by atoms with Gasteiger partial charge < -0.3 is 4.98 Å². The van der Waals surface area contributed by atoms with Crippen LogP contribution >= 0.6 is 0 Å². The van der Waals surface area contributed by atoms with Gasteiger partial charge in [-0.2, -0.15) is 0 Å². The lowest BCUT2D eigenvalue weighted by molar-refractivity contribution is 0.399. The molecule has 2 aliphatic rings. The Morgan fingerprint density at radius 2 is 1.80 bits per heavy atom. The quantitative estimate of drug-likeness (QED) is 0.720. The first-order valence-corrected chi connectivity index (χ1v) is 11.1. The molecule has 3 atom stereocenters. The van der Waals surface area contributed by atoms with Crippen molar-refractivity contribution in [2.75, 3.05) is 0 Å². The van der Waals surface area contributed by atoms with Gasteiger partial charge in [0.05, 0.1) is 0 Å². The standard InChI is InChI=1S/C17H30FNSi/c1-12-9-14-13(7-8-16(18)15(14)10-12)11-20(5,6)19-17(2,3)4/h7-8,12,14-15,19H,9-11H2,1-6H3/t12-,14?,15?/m1/s1. The zero-order valence-corrected chi connectivity index (χ0v) is 14.9. The van der Waals surface area contributed by atoms with Crippen LogP contribution < -0.4 is 4.98 Å². The number of nitrogens with one attached hydrogen (secondary N) is 1. The highest BCUT2D eigenvalue weighted by Gasteiger charge is 2.40. The fraction of sp³-hybridized carbons (Fsp3) is 0.765. The van der Waals surface area contributed by atoms with E-state index in [1.807, 2.05) is 0 Å². The van der Waals surface area contributed by atoms with E-state index in [0.29, 0.717) is 11.8 Å². The third-order valence-electron chi connectivity index (χ3n) is 4.44. The van der Waals surface area contributed by atoms with Gasteiger partial charge >= 0.3 is 0 Å². The zero-order valence-electron chi connectivity index (χ0n) is 13.9. The topological polar surface area (TPSA) is 12.0 Å². The largest absolute Gasteiger partial charge is 0.332 e. The molecule has 0 saturated heterocycles. The summed E-state index contributed by atoms with van der Waals surface area (Å²) in [6.45, 7) is 13.7. The number of hydrogen-bond acceptors (Lipinski definition) is 1. The van der Waals surface area contributed by atoms with E-state index in [1.54, 1.807) is 6.08 Å². The number of allylic oxidation sites excluding steroid dienone is 4. The highest BCUT2D eigenvalue weighted by Crippen LogP contribution is 2.48. The van der Waals surface area contributed by atoms with Crippen molar-refractivity contribution in [2.24, 2.45) is 17.8 Å². The third-order valence-corrected chi connectivity index (χ3v) is 7.16. The van der Waals surface area contributed by atoms with Crippen LogP contribution in [-0.4, -0.2) is 13.8 Å². The molecule has 20 heavy (non-hydrogen) atoms. The lowest BCUT2D eigenvalue weighted by Gasteiger charge is -2.36. The predicted octanol–water partition coefficient (Wildman–Crippen LogP) is 5.04. The monoisotopic (exact) mass is 295 g/mol. The van der Waals surface area contributed by atoms with Gasteiger partial charge in [-0.15, -0.1) is 0 Å². The molecular formula is C17H30FNSi. The van der Waals surface area contributed by atoms with Gasteiger partial charge in [-0.1, -0.05) is 31.7 Å². The molecule has 0 aliphatic heterocycles. The summed E-state index contributed by atoms with van der Waals surface area (Å²) >= 11 is 0. The molecule has 2 aliphatic carbocycles. The van der Waals surface area contributed by atoms with E-state index >= 15 is 0 Å². The molecule has 114 valence electrons. The van der Waals surface area contributed by atoms with Crippen LogP contribution in [0.5, 0.6) is 0 Å². The summed E-state index contributed by atoms with van der Waals surface area (Å²) in [6.07, 6.45) is 6.00. The van der Waals surface area contributed by atoms with Crippen LogP contribution in [0.2, 0.25) is 19.1 Å². The molecule has 1 fully saturated rings. The SMILES string of the molecule is C[C@H]1CC2C(F)=CC=C(C[Si](C)(C)NC(C)(C)C)C2C1. The summed E-state index contributed by atoms with van der Waals surface area (Å²) < 4.78 is 14.0. The van der Waals surface area contributed by atoms with Crippen LogP contribution in [-0.2, 0) is 0 Å². The Labute approximate surface area is 124 Å². The Hall–Kier alpha value is -0.413.